The molecule has 0 saturated carbocycles. The molecule has 1 N–H and O–H groups in total. The molecule has 0 spiro atoms. The summed E-state index contributed by atoms with van der Waals surface area (Å²) in [5, 5.41) is 8.78. The third-order valence-electron chi connectivity index (χ3n) is 5.47. The number of hydrogen-bond acceptors (Lipinski definition) is 5. The fraction of sp³-hybridized carbons (Fsp3) is 0.346. The molecular formula is C26H31N3O3. The first-order chi connectivity index (χ1) is 15.3. The van der Waals surface area contributed by atoms with Crippen molar-refractivity contribution in [3.8, 4) is 0 Å². The lowest BCUT2D eigenvalue weighted by Crippen LogP contribution is -2.48. The molecule has 0 atom stereocenters. The number of anilines is 1. The Morgan fingerprint density at radius 3 is 2.09 bits per heavy atom. The normalized spacial score (nSPS) is 15.0. The Morgan fingerprint density at radius 1 is 0.938 bits per heavy atom. The number of rotatable bonds is 6. The van der Waals surface area contributed by atoms with Crippen LogP contribution in [0.3, 0.4) is 0 Å². The first kappa shape index (κ1) is 23.4. The zero-order chi connectivity index (χ0) is 23.1. The van der Waals surface area contributed by atoms with Gasteiger partial charge in [-0.1, -0.05) is 39.0 Å². The van der Waals surface area contributed by atoms with Gasteiger partial charge in [0.25, 0.3) is 0 Å². The Morgan fingerprint density at radius 2 is 1.53 bits per heavy atom. The first-order valence-electron chi connectivity index (χ1n) is 10.9. The minimum absolute atomic E-state index is 0.0362. The number of pyridine rings is 1. The van der Waals surface area contributed by atoms with Crippen LogP contribution in [0.5, 0.6) is 0 Å². The molecule has 0 radical (unpaired) electrons. The molecule has 3 rings (SSSR count). The number of aromatic nitrogens is 1. The minimum atomic E-state index is -0.528. The van der Waals surface area contributed by atoms with Crippen LogP contribution in [0.2, 0.25) is 0 Å². The Bertz CT molecular complexity index is 996. The number of carbonyl (C=O) groups is 2. The maximum absolute atomic E-state index is 12.6. The zero-order valence-electron chi connectivity index (χ0n) is 19.0. The molecule has 2 aromatic rings. The molecule has 1 saturated heterocycles. The zero-order valence-corrected chi connectivity index (χ0v) is 19.0. The monoisotopic (exact) mass is 433 g/mol. The molecule has 1 aromatic carbocycles. The van der Waals surface area contributed by atoms with Crippen molar-refractivity contribution in [1.29, 1.82) is 0 Å². The van der Waals surface area contributed by atoms with Gasteiger partial charge in [0.2, 0.25) is 5.91 Å². The summed E-state index contributed by atoms with van der Waals surface area (Å²) in [5.41, 5.74) is 3.86. The van der Waals surface area contributed by atoms with Gasteiger partial charge in [0.05, 0.1) is 11.4 Å². The van der Waals surface area contributed by atoms with Crippen LogP contribution in [0, 0.1) is 0 Å². The minimum Gasteiger partial charge on any atom is -0.388 e. The van der Waals surface area contributed by atoms with Gasteiger partial charge < -0.3 is 14.9 Å². The molecule has 0 bridgehead atoms. The third kappa shape index (κ3) is 6.37. The van der Waals surface area contributed by atoms with E-state index >= 15 is 0 Å². The van der Waals surface area contributed by atoms with Crippen LogP contribution in [0.15, 0.2) is 54.6 Å². The summed E-state index contributed by atoms with van der Waals surface area (Å²) in [4.78, 5) is 32.4. The highest BCUT2D eigenvalue weighted by atomic mass is 16.3. The lowest BCUT2D eigenvalue weighted by atomic mass is 9.87. The quantitative estimate of drug-likeness (QED) is 0.708. The molecule has 6 heteroatoms. The summed E-state index contributed by atoms with van der Waals surface area (Å²) < 4.78 is 0. The third-order valence-corrected chi connectivity index (χ3v) is 5.47. The molecular weight excluding hydrogens is 402 g/mol. The molecule has 1 amide bonds. The number of hydrogen-bond donors (Lipinski definition) is 1. The van der Waals surface area contributed by atoms with Crippen molar-refractivity contribution in [3.63, 3.8) is 0 Å². The molecule has 1 aliphatic rings. The number of benzene rings is 1. The highest BCUT2D eigenvalue weighted by Gasteiger charge is 2.20. The van der Waals surface area contributed by atoms with Gasteiger partial charge in [0, 0.05) is 37.9 Å². The van der Waals surface area contributed by atoms with Gasteiger partial charge in [-0.15, -0.1) is 0 Å². The Balaban J connectivity index is 1.55. The SMILES string of the molecule is CC(C)(C)c1ccc(N2CCN(C(=O)/C=C/c3cccc(/C=C/C(=O)CO)n3)CC2)cc1. The van der Waals surface area contributed by atoms with Gasteiger partial charge in [0.1, 0.15) is 6.61 Å². The van der Waals surface area contributed by atoms with E-state index in [-0.39, 0.29) is 17.1 Å². The van der Waals surface area contributed by atoms with Gasteiger partial charge in [-0.2, -0.15) is 0 Å². The van der Waals surface area contributed by atoms with E-state index in [1.807, 2.05) is 11.0 Å². The molecule has 6 nitrogen and oxygen atoms in total. The summed E-state index contributed by atoms with van der Waals surface area (Å²) in [6.07, 6.45) is 6.07. The Kier molecular flexibility index (Phi) is 7.59. The van der Waals surface area contributed by atoms with Gasteiger partial charge in [-0.05, 0) is 53.5 Å². The molecule has 1 fully saturated rings. The molecule has 32 heavy (non-hydrogen) atoms. The number of piperazine rings is 1. The summed E-state index contributed by atoms with van der Waals surface area (Å²) in [6.45, 7) is 9.03. The van der Waals surface area contributed by atoms with Crippen LogP contribution < -0.4 is 4.90 Å². The van der Waals surface area contributed by atoms with E-state index in [0.29, 0.717) is 24.5 Å². The van der Waals surface area contributed by atoms with E-state index in [0.717, 1.165) is 13.1 Å². The smallest absolute Gasteiger partial charge is 0.246 e. The molecule has 2 heterocycles. The van der Waals surface area contributed by atoms with Crippen molar-refractivity contribution >= 4 is 29.5 Å². The second-order valence-corrected chi connectivity index (χ2v) is 8.89. The van der Waals surface area contributed by atoms with Crippen molar-refractivity contribution in [2.24, 2.45) is 0 Å². The summed E-state index contributed by atoms with van der Waals surface area (Å²) in [7, 11) is 0. The van der Waals surface area contributed by atoms with E-state index in [2.05, 4.69) is 54.9 Å². The Labute approximate surface area is 189 Å². The van der Waals surface area contributed by atoms with Crippen LogP contribution in [0.1, 0.15) is 37.7 Å². The average Bonchev–Trinajstić information content (AvgIpc) is 2.81. The molecule has 1 aliphatic heterocycles. The van der Waals surface area contributed by atoms with E-state index in [1.54, 1.807) is 30.4 Å². The van der Waals surface area contributed by atoms with Gasteiger partial charge in [0.15, 0.2) is 5.78 Å². The Hall–Kier alpha value is -3.25. The standard InChI is InChI=1S/C26H31N3O3/c1-26(2,3)20-7-11-23(12-8-20)28-15-17-29(18-16-28)25(32)14-10-22-6-4-5-21(27-22)9-13-24(31)19-30/h4-14,30H,15-19H2,1-3H3/b13-9+,14-10+. The van der Waals surface area contributed by atoms with Crippen LogP contribution in [0.4, 0.5) is 5.69 Å². The highest BCUT2D eigenvalue weighted by Crippen LogP contribution is 2.25. The van der Waals surface area contributed by atoms with Crippen molar-refractivity contribution in [2.45, 2.75) is 26.2 Å². The topological polar surface area (TPSA) is 73.7 Å². The number of aliphatic hydroxyl groups is 1. The number of carbonyl (C=O) groups excluding carboxylic acids is 2. The molecule has 1 aromatic heterocycles. The van der Waals surface area contributed by atoms with Gasteiger partial charge >= 0.3 is 0 Å². The number of aliphatic hydroxyl groups excluding tert-OH is 1. The predicted octanol–water partition coefficient (Wildman–Crippen LogP) is 3.32. The number of nitrogens with zero attached hydrogens (tertiary/aromatic N) is 3. The van der Waals surface area contributed by atoms with Crippen molar-refractivity contribution < 1.29 is 14.7 Å². The van der Waals surface area contributed by atoms with Gasteiger partial charge in [-0.3, -0.25) is 9.59 Å². The van der Waals surface area contributed by atoms with Crippen LogP contribution in [-0.4, -0.2) is 59.5 Å². The average molecular weight is 434 g/mol. The fourth-order valence-electron chi connectivity index (χ4n) is 3.50. The summed E-state index contributed by atoms with van der Waals surface area (Å²) in [5.74, 6) is -0.418. The number of ketones is 1. The second-order valence-electron chi connectivity index (χ2n) is 8.89. The molecule has 0 unspecified atom stereocenters. The maximum atomic E-state index is 12.6. The van der Waals surface area contributed by atoms with Crippen LogP contribution >= 0.6 is 0 Å². The van der Waals surface area contributed by atoms with E-state index in [4.69, 9.17) is 5.11 Å². The maximum Gasteiger partial charge on any atom is 0.246 e. The fourth-order valence-corrected chi connectivity index (χ4v) is 3.50. The van der Waals surface area contributed by atoms with Crippen molar-refractivity contribution in [2.75, 3.05) is 37.7 Å². The van der Waals surface area contributed by atoms with E-state index in [1.165, 1.54) is 17.3 Å². The van der Waals surface area contributed by atoms with Crippen LogP contribution in [-0.2, 0) is 15.0 Å². The van der Waals surface area contributed by atoms with Crippen molar-refractivity contribution in [1.82, 2.24) is 9.88 Å². The predicted molar refractivity (Wildman–Crippen MR) is 128 cm³/mol. The highest BCUT2D eigenvalue weighted by molar-refractivity contribution is 5.94. The second kappa shape index (κ2) is 10.4. The van der Waals surface area contributed by atoms with E-state index < -0.39 is 6.61 Å². The lowest BCUT2D eigenvalue weighted by Gasteiger charge is -2.36. The van der Waals surface area contributed by atoms with Crippen molar-refractivity contribution in [3.05, 3.63) is 71.6 Å². The lowest BCUT2D eigenvalue weighted by molar-refractivity contribution is -0.126. The molecule has 168 valence electrons. The van der Waals surface area contributed by atoms with Gasteiger partial charge in [-0.25, -0.2) is 4.98 Å². The number of amides is 1. The largest absolute Gasteiger partial charge is 0.388 e. The summed E-state index contributed by atoms with van der Waals surface area (Å²) in [6, 6.07) is 14.1. The first-order valence-corrected chi connectivity index (χ1v) is 10.9. The van der Waals surface area contributed by atoms with Crippen LogP contribution in [0.25, 0.3) is 12.2 Å². The molecule has 0 aliphatic carbocycles. The summed E-state index contributed by atoms with van der Waals surface area (Å²) >= 11 is 0. The van der Waals surface area contributed by atoms with E-state index in [9.17, 15) is 9.59 Å².